The predicted molar refractivity (Wildman–Crippen MR) is 129 cm³/mol. The number of aliphatic hydroxyl groups is 1. The van der Waals surface area contributed by atoms with Gasteiger partial charge in [-0.2, -0.15) is 0 Å². The van der Waals surface area contributed by atoms with Gasteiger partial charge in [0.25, 0.3) is 0 Å². The topological polar surface area (TPSA) is 65.0 Å². The number of nitrogens with zero attached hydrogens (tertiary/aromatic N) is 3. The number of fused-ring (bicyclic) bond motifs is 3. The molecule has 1 aliphatic heterocycles. The molecular weight excluding hydrogens is 458 g/mol. The van der Waals surface area contributed by atoms with Crippen LogP contribution in [0, 0.1) is 18.6 Å². The first-order valence-corrected chi connectivity index (χ1v) is 11.8. The maximum Gasteiger partial charge on any atom is 0.226 e. The van der Waals surface area contributed by atoms with Crippen LogP contribution in [0.4, 0.5) is 14.7 Å². The molecule has 0 saturated heterocycles. The highest BCUT2D eigenvalue weighted by molar-refractivity contribution is 6.31. The summed E-state index contributed by atoms with van der Waals surface area (Å²) in [5.41, 5.74) is 5.22. The van der Waals surface area contributed by atoms with Gasteiger partial charge in [-0.05, 0) is 61.4 Å². The van der Waals surface area contributed by atoms with E-state index in [9.17, 15) is 8.78 Å². The number of aliphatic hydroxyl groups excluding tert-OH is 1. The lowest BCUT2D eigenvalue weighted by Crippen LogP contribution is -2.37. The third kappa shape index (κ3) is 4.14. The van der Waals surface area contributed by atoms with Gasteiger partial charge in [0.05, 0.1) is 23.0 Å². The Bertz CT molecular complexity index is 1340. The molecule has 5 rings (SSSR count). The second-order valence-electron chi connectivity index (χ2n) is 8.70. The SMILES string of the molecule is Cc1nc(N2CCc3c([nH]c4cc(F)c(Cl)cc34)C2c2ccc(CCCCO)cc2)ncc1F. The maximum absolute atomic E-state index is 14.2. The van der Waals surface area contributed by atoms with E-state index >= 15 is 0 Å². The molecular formula is C26H25ClF2N4O. The van der Waals surface area contributed by atoms with Crippen LogP contribution >= 0.6 is 11.6 Å². The number of aryl methyl sites for hydroxylation is 2. The molecule has 0 saturated carbocycles. The third-order valence-electron chi connectivity index (χ3n) is 6.50. The number of aromatic nitrogens is 3. The fraction of sp³-hybridized carbons (Fsp3) is 0.308. The van der Waals surface area contributed by atoms with Crippen LogP contribution in [0.15, 0.2) is 42.6 Å². The minimum Gasteiger partial charge on any atom is -0.396 e. The number of nitrogens with one attached hydrogen (secondary N) is 1. The van der Waals surface area contributed by atoms with Crippen molar-refractivity contribution in [1.29, 1.82) is 0 Å². The number of hydrogen-bond donors (Lipinski definition) is 2. The van der Waals surface area contributed by atoms with E-state index < -0.39 is 11.6 Å². The summed E-state index contributed by atoms with van der Waals surface area (Å²) in [6.45, 7) is 2.43. The Kier molecular flexibility index (Phi) is 6.23. The number of benzene rings is 2. The van der Waals surface area contributed by atoms with Crippen LogP contribution < -0.4 is 4.90 Å². The number of halogens is 3. The summed E-state index contributed by atoms with van der Waals surface area (Å²) >= 11 is 6.10. The van der Waals surface area contributed by atoms with Gasteiger partial charge in [0.15, 0.2) is 5.82 Å². The minimum atomic E-state index is -0.467. The smallest absolute Gasteiger partial charge is 0.226 e. The minimum absolute atomic E-state index is 0.0954. The molecule has 0 spiro atoms. The lowest BCUT2D eigenvalue weighted by Gasteiger charge is -2.36. The van der Waals surface area contributed by atoms with Crippen molar-refractivity contribution in [3.63, 3.8) is 0 Å². The van der Waals surface area contributed by atoms with Crippen molar-refractivity contribution in [2.75, 3.05) is 18.1 Å². The summed E-state index contributed by atoms with van der Waals surface area (Å²) in [5, 5.41) is 10.0. The van der Waals surface area contributed by atoms with Gasteiger partial charge in [-0.3, -0.25) is 0 Å². The van der Waals surface area contributed by atoms with Gasteiger partial charge in [0.1, 0.15) is 5.82 Å². The van der Waals surface area contributed by atoms with Crippen molar-refractivity contribution in [3.05, 3.63) is 87.3 Å². The Morgan fingerprint density at radius 3 is 2.68 bits per heavy atom. The Balaban J connectivity index is 1.61. The number of aromatic amines is 1. The average Bonchev–Trinajstić information content (AvgIpc) is 3.18. The van der Waals surface area contributed by atoms with Crippen molar-refractivity contribution in [1.82, 2.24) is 15.0 Å². The van der Waals surface area contributed by atoms with E-state index in [1.54, 1.807) is 13.0 Å². The van der Waals surface area contributed by atoms with E-state index in [1.165, 1.54) is 17.8 Å². The molecule has 176 valence electrons. The summed E-state index contributed by atoms with van der Waals surface area (Å²) in [6.07, 6.45) is 4.48. The van der Waals surface area contributed by atoms with Gasteiger partial charge < -0.3 is 15.0 Å². The molecule has 0 bridgehead atoms. The molecule has 0 radical (unpaired) electrons. The van der Waals surface area contributed by atoms with Gasteiger partial charge in [-0.1, -0.05) is 35.9 Å². The predicted octanol–water partition coefficient (Wildman–Crippen LogP) is 5.67. The summed E-state index contributed by atoms with van der Waals surface area (Å²) in [7, 11) is 0. The van der Waals surface area contributed by atoms with Crippen molar-refractivity contribution in [2.24, 2.45) is 0 Å². The van der Waals surface area contributed by atoms with Gasteiger partial charge in [0, 0.05) is 29.7 Å². The Morgan fingerprint density at radius 1 is 1.15 bits per heavy atom. The largest absolute Gasteiger partial charge is 0.396 e. The fourth-order valence-corrected chi connectivity index (χ4v) is 4.90. The molecule has 2 aromatic carbocycles. The van der Waals surface area contributed by atoms with Crippen LogP contribution in [0.1, 0.15) is 47.0 Å². The first kappa shape index (κ1) is 22.7. The molecule has 5 nitrogen and oxygen atoms in total. The monoisotopic (exact) mass is 482 g/mol. The van der Waals surface area contributed by atoms with E-state index in [0.717, 1.165) is 41.5 Å². The van der Waals surface area contributed by atoms with Gasteiger partial charge in [-0.25, -0.2) is 18.7 Å². The molecule has 2 aromatic heterocycles. The number of hydrogen-bond acceptors (Lipinski definition) is 4. The first-order chi connectivity index (χ1) is 16.5. The van der Waals surface area contributed by atoms with Crippen LogP contribution in [0.3, 0.4) is 0 Å². The summed E-state index contributed by atoms with van der Waals surface area (Å²) in [6, 6.07) is 11.2. The van der Waals surface area contributed by atoms with Gasteiger partial charge in [0.2, 0.25) is 5.95 Å². The zero-order chi connectivity index (χ0) is 23.8. The van der Waals surface area contributed by atoms with Crippen molar-refractivity contribution in [3.8, 4) is 0 Å². The average molecular weight is 483 g/mol. The molecule has 34 heavy (non-hydrogen) atoms. The highest BCUT2D eigenvalue weighted by Crippen LogP contribution is 2.41. The van der Waals surface area contributed by atoms with E-state index in [0.29, 0.717) is 30.1 Å². The third-order valence-corrected chi connectivity index (χ3v) is 6.79. The van der Waals surface area contributed by atoms with E-state index in [4.69, 9.17) is 16.7 Å². The Labute approximate surface area is 201 Å². The Morgan fingerprint density at radius 2 is 1.94 bits per heavy atom. The van der Waals surface area contributed by atoms with Gasteiger partial charge in [-0.15, -0.1) is 0 Å². The molecule has 8 heteroatoms. The second kappa shape index (κ2) is 9.31. The van der Waals surface area contributed by atoms with Crippen LogP contribution in [-0.2, 0) is 12.8 Å². The van der Waals surface area contributed by atoms with Gasteiger partial charge >= 0.3 is 0 Å². The summed E-state index contributed by atoms with van der Waals surface area (Å²) in [4.78, 5) is 14.2. The highest BCUT2D eigenvalue weighted by atomic mass is 35.5. The lowest BCUT2D eigenvalue weighted by atomic mass is 9.91. The number of anilines is 1. The zero-order valence-corrected chi connectivity index (χ0v) is 19.5. The van der Waals surface area contributed by atoms with E-state index in [2.05, 4.69) is 44.1 Å². The van der Waals surface area contributed by atoms with Crippen LogP contribution in [-0.4, -0.2) is 33.2 Å². The van der Waals surface area contributed by atoms with Crippen LogP contribution in [0.2, 0.25) is 5.02 Å². The van der Waals surface area contributed by atoms with Crippen LogP contribution in [0.5, 0.6) is 0 Å². The molecule has 2 N–H and O–H groups in total. The first-order valence-electron chi connectivity index (χ1n) is 11.4. The van der Waals surface area contributed by atoms with Crippen LogP contribution in [0.25, 0.3) is 10.9 Å². The summed E-state index contributed by atoms with van der Waals surface area (Å²) in [5.74, 6) is -0.462. The molecule has 3 heterocycles. The van der Waals surface area contributed by atoms with Crippen molar-refractivity contribution >= 4 is 28.5 Å². The standard InChI is InChI=1S/C26H25ClF2N4O/c1-15-22(29)14-30-26(31-15)33-10-9-18-19-12-20(27)21(28)13-23(19)32-24(18)25(33)17-7-5-16(6-8-17)4-2-3-11-34/h5-8,12-14,25,32,34H,2-4,9-11H2,1H3. The molecule has 1 unspecified atom stereocenters. The van der Waals surface area contributed by atoms with Crippen molar-refractivity contribution < 1.29 is 13.9 Å². The molecule has 4 aromatic rings. The maximum atomic E-state index is 14.2. The highest BCUT2D eigenvalue weighted by Gasteiger charge is 2.33. The number of rotatable bonds is 6. The molecule has 0 fully saturated rings. The van der Waals surface area contributed by atoms with Crippen molar-refractivity contribution in [2.45, 2.75) is 38.6 Å². The number of H-pyrrole nitrogens is 1. The molecule has 1 atom stereocenters. The molecule has 1 aliphatic rings. The lowest BCUT2D eigenvalue weighted by molar-refractivity contribution is 0.284. The fourth-order valence-electron chi connectivity index (χ4n) is 4.73. The van der Waals surface area contributed by atoms with E-state index in [-0.39, 0.29) is 17.7 Å². The molecule has 0 amide bonds. The second-order valence-corrected chi connectivity index (χ2v) is 9.11. The van der Waals surface area contributed by atoms with E-state index in [1.807, 2.05) is 0 Å². The number of unbranched alkanes of at least 4 members (excludes halogenated alkanes) is 1. The summed E-state index contributed by atoms with van der Waals surface area (Å²) < 4.78 is 28.1. The zero-order valence-electron chi connectivity index (χ0n) is 18.8. The quantitative estimate of drug-likeness (QED) is 0.348. The molecule has 0 aliphatic carbocycles. The Hall–Kier alpha value is -3.03. The normalized spacial score (nSPS) is 15.7.